The highest BCUT2D eigenvalue weighted by atomic mass is 35.5. The van der Waals surface area contributed by atoms with Crippen LogP contribution in [0.25, 0.3) is 0 Å². The van der Waals surface area contributed by atoms with Gasteiger partial charge in [-0.05, 0) is 54.6 Å². The maximum atomic E-state index is 12.4. The van der Waals surface area contributed by atoms with E-state index < -0.39 is 0 Å². The van der Waals surface area contributed by atoms with Gasteiger partial charge in [-0.2, -0.15) is 0 Å². The predicted molar refractivity (Wildman–Crippen MR) is 108 cm³/mol. The van der Waals surface area contributed by atoms with E-state index in [1.54, 1.807) is 36.4 Å². The molecule has 0 saturated carbocycles. The Morgan fingerprint density at radius 2 is 1.64 bits per heavy atom. The lowest BCUT2D eigenvalue weighted by molar-refractivity contribution is 0.108. The van der Waals surface area contributed by atoms with Gasteiger partial charge in [-0.25, -0.2) is 0 Å². The molecule has 0 bridgehead atoms. The van der Waals surface area contributed by atoms with Gasteiger partial charge < -0.3 is 4.74 Å². The van der Waals surface area contributed by atoms with Crippen molar-refractivity contribution in [2.24, 2.45) is 0 Å². The molecule has 2 rings (SSSR count). The Balaban J connectivity index is 2.02. The summed E-state index contributed by atoms with van der Waals surface area (Å²) >= 11 is 19.5. The zero-order valence-electron chi connectivity index (χ0n) is 13.9. The molecule has 0 spiro atoms. The summed E-state index contributed by atoms with van der Waals surface area (Å²) in [5.74, 6) is 0.438. The molecule has 2 nitrogen and oxygen atoms in total. The molecule has 0 radical (unpaired) electrons. The van der Waals surface area contributed by atoms with Crippen LogP contribution in [0.15, 0.2) is 41.3 Å². The minimum atomic E-state index is -0.138. The van der Waals surface area contributed by atoms with Crippen molar-refractivity contribution in [1.29, 1.82) is 0 Å². The van der Waals surface area contributed by atoms with Crippen LogP contribution in [-0.4, -0.2) is 11.7 Å². The summed E-state index contributed by atoms with van der Waals surface area (Å²) in [6.07, 6.45) is 4.41. The SMILES string of the molecule is CCCCCCOc1c(Cl)cc(C(=O)Sc2ccc(Cl)cc2)cc1Cl. The third-order valence-electron chi connectivity index (χ3n) is 3.50. The minimum Gasteiger partial charge on any atom is -0.490 e. The minimum absolute atomic E-state index is 0.138. The Morgan fingerprint density at radius 1 is 1.00 bits per heavy atom. The van der Waals surface area contributed by atoms with Gasteiger partial charge in [0.25, 0.3) is 0 Å². The second-order valence-electron chi connectivity index (χ2n) is 5.52. The number of hydrogen-bond acceptors (Lipinski definition) is 3. The topological polar surface area (TPSA) is 26.3 Å². The predicted octanol–water partition coefficient (Wildman–Crippen LogP) is 7.54. The summed E-state index contributed by atoms with van der Waals surface area (Å²) in [5.41, 5.74) is 0.438. The molecule has 2 aromatic carbocycles. The van der Waals surface area contributed by atoms with Crippen LogP contribution in [0.2, 0.25) is 15.1 Å². The summed E-state index contributed by atoms with van der Waals surface area (Å²) < 4.78 is 5.68. The van der Waals surface area contributed by atoms with Crippen molar-refractivity contribution < 1.29 is 9.53 Å². The van der Waals surface area contributed by atoms with Crippen LogP contribution >= 0.6 is 46.6 Å². The van der Waals surface area contributed by atoms with Gasteiger partial charge in [0, 0.05) is 15.5 Å². The maximum Gasteiger partial charge on any atom is 0.224 e. The van der Waals surface area contributed by atoms with Crippen LogP contribution in [-0.2, 0) is 0 Å². The molecule has 134 valence electrons. The van der Waals surface area contributed by atoms with Crippen molar-refractivity contribution in [2.45, 2.75) is 37.5 Å². The lowest BCUT2D eigenvalue weighted by Crippen LogP contribution is -2.00. The number of hydrogen-bond donors (Lipinski definition) is 0. The largest absolute Gasteiger partial charge is 0.490 e. The number of unbranched alkanes of at least 4 members (excludes halogenated alkanes) is 3. The fourth-order valence-corrected chi connectivity index (χ4v) is 3.63. The normalized spacial score (nSPS) is 10.7. The first-order valence-electron chi connectivity index (χ1n) is 8.11. The van der Waals surface area contributed by atoms with E-state index in [-0.39, 0.29) is 5.12 Å². The van der Waals surface area contributed by atoms with Crippen LogP contribution in [0.3, 0.4) is 0 Å². The van der Waals surface area contributed by atoms with Crippen molar-refractivity contribution in [1.82, 2.24) is 0 Å². The van der Waals surface area contributed by atoms with Crippen molar-refractivity contribution in [2.75, 3.05) is 6.61 Å². The van der Waals surface area contributed by atoms with E-state index in [4.69, 9.17) is 39.5 Å². The Labute approximate surface area is 167 Å². The number of halogens is 3. The molecule has 25 heavy (non-hydrogen) atoms. The van der Waals surface area contributed by atoms with E-state index in [1.165, 1.54) is 12.8 Å². The Morgan fingerprint density at radius 3 is 2.24 bits per heavy atom. The first kappa shape index (κ1) is 20.4. The third kappa shape index (κ3) is 6.41. The fraction of sp³-hybridized carbons (Fsp3) is 0.316. The highest BCUT2D eigenvalue weighted by Gasteiger charge is 2.15. The summed E-state index contributed by atoms with van der Waals surface area (Å²) in [5, 5.41) is 1.19. The Kier molecular flexibility index (Phi) is 8.44. The van der Waals surface area contributed by atoms with Crippen molar-refractivity contribution in [3.8, 4) is 5.75 Å². The molecule has 6 heteroatoms. The first-order chi connectivity index (χ1) is 12.0. The zero-order chi connectivity index (χ0) is 18.2. The standard InChI is InChI=1S/C19H19Cl3O2S/c1-2-3-4-5-10-24-18-16(21)11-13(12-17(18)22)19(23)25-15-8-6-14(20)7-9-15/h6-9,11-12H,2-5,10H2,1H3. The molecule has 0 amide bonds. The number of carbonyl (C=O) groups is 1. The third-order valence-corrected chi connectivity index (χ3v) is 5.24. The van der Waals surface area contributed by atoms with Crippen LogP contribution < -0.4 is 4.74 Å². The molecule has 0 N–H and O–H groups in total. The Bertz CT molecular complexity index is 694. The molecule has 0 saturated heterocycles. The highest BCUT2D eigenvalue weighted by molar-refractivity contribution is 8.14. The summed E-state index contributed by atoms with van der Waals surface area (Å²) in [7, 11) is 0. The Hall–Kier alpha value is -0.870. The summed E-state index contributed by atoms with van der Waals surface area (Å²) in [4.78, 5) is 13.2. The lowest BCUT2D eigenvalue weighted by Gasteiger charge is -2.11. The van der Waals surface area contributed by atoms with Crippen LogP contribution in [0.5, 0.6) is 5.75 Å². The summed E-state index contributed by atoms with van der Waals surface area (Å²) in [6, 6.07) is 10.3. The van der Waals surface area contributed by atoms with Gasteiger partial charge in [-0.3, -0.25) is 4.79 Å². The quantitative estimate of drug-likeness (QED) is 0.328. The average Bonchev–Trinajstić information content (AvgIpc) is 2.58. The van der Waals surface area contributed by atoms with Gasteiger partial charge in [0.05, 0.1) is 16.7 Å². The molecule has 0 heterocycles. The number of ether oxygens (including phenoxy) is 1. The van der Waals surface area contributed by atoms with E-state index in [2.05, 4.69) is 6.92 Å². The smallest absolute Gasteiger partial charge is 0.224 e. The van der Waals surface area contributed by atoms with Crippen molar-refractivity contribution >= 4 is 51.7 Å². The maximum absolute atomic E-state index is 12.4. The van der Waals surface area contributed by atoms with Gasteiger partial charge in [-0.15, -0.1) is 0 Å². The van der Waals surface area contributed by atoms with Crippen LogP contribution in [0.1, 0.15) is 43.0 Å². The second-order valence-corrected chi connectivity index (χ2v) is 7.82. The van der Waals surface area contributed by atoms with Crippen molar-refractivity contribution in [3.05, 3.63) is 57.0 Å². The molecule has 2 aromatic rings. The molecular weight excluding hydrogens is 399 g/mol. The van der Waals surface area contributed by atoms with E-state index >= 15 is 0 Å². The second kappa shape index (κ2) is 10.3. The molecular formula is C19H19Cl3O2S. The van der Waals surface area contributed by atoms with E-state index in [1.807, 2.05) is 0 Å². The monoisotopic (exact) mass is 416 g/mol. The lowest BCUT2D eigenvalue weighted by atomic mass is 10.2. The van der Waals surface area contributed by atoms with Crippen LogP contribution in [0.4, 0.5) is 0 Å². The molecule has 0 atom stereocenters. The molecule has 0 aromatic heterocycles. The first-order valence-corrected chi connectivity index (χ1v) is 10.1. The van der Waals surface area contributed by atoms with Gasteiger partial charge in [0.2, 0.25) is 5.12 Å². The zero-order valence-corrected chi connectivity index (χ0v) is 16.9. The van der Waals surface area contributed by atoms with Gasteiger partial charge >= 0.3 is 0 Å². The van der Waals surface area contributed by atoms with E-state index in [9.17, 15) is 4.79 Å². The van der Waals surface area contributed by atoms with E-state index in [0.717, 1.165) is 29.5 Å². The molecule has 0 unspecified atom stereocenters. The van der Waals surface area contributed by atoms with Gasteiger partial charge in [0.15, 0.2) is 5.75 Å². The molecule has 0 aliphatic heterocycles. The fourth-order valence-electron chi connectivity index (χ4n) is 2.19. The molecule has 0 aliphatic carbocycles. The number of rotatable bonds is 8. The number of benzene rings is 2. The van der Waals surface area contributed by atoms with Crippen molar-refractivity contribution in [3.63, 3.8) is 0 Å². The van der Waals surface area contributed by atoms with Crippen LogP contribution in [0, 0.1) is 0 Å². The van der Waals surface area contributed by atoms with E-state index in [0.29, 0.717) is 33.0 Å². The van der Waals surface area contributed by atoms with Gasteiger partial charge in [0.1, 0.15) is 0 Å². The number of thioether (sulfide) groups is 1. The molecule has 0 fully saturated rings. The average molecular weight is 418 g/mol. The van der Waals surface area contributed by atoms with Gasteiger partial charge in [-0.1, -0.05) is 61.0 Å². The molecule has 0 aliphatic rings. The summed E-state index contributed by atoms with van der Waals surface area (Å²) in [6.45, 7) is 2.72. The number of carbonyl (C=O) groups excluding carboxylic acids is 1. The highest BCUT2D eigenvalue weighted by Crippen LogP contribution is 2.36.